The molecule has 2 N–H and O–H groups in total. The fourth-order valence-electron chi connectivity index (χ4n) is 1.90. The topological polar surface area (TPSA) is 74.5 Å². The largest absolute Gasteiger partial charge is 0.381 e. The smallest absolute Gasteiger partial charge is 0.169 e. The molecule has 0 atom stereocenters. The van der Waals surface area contributed by atoms with Gasteiger partial charge in [-0.15, -0.1) is 5.10 Å². The third kappa shape index (κ3) is 2.15. The quantitative estimate of drug-likeness (QED) is 0.839. The minimum Gasteiger partial charge on any atom is -0.381 e. The van der Waals surface area contributed by atoms with Crippen LogP contribution in [0.25, 0.3) is 0 Å². The lowest BCUT2D eigenvalue weighted by Crippen LogP contribution is -2.21. The molecule has 0 unspecified atom stereocenters. The van der Waals surface area contributed by atoms with Gasteiger partial charge in [-0.05, 0) is 0 Å². The summed E-state index contributed by atoms with van der Waals surface area (Å²) in [6, 6.07) is 0. The van der Waals surface area contributed by atoms with Gasteiger partial charge in [0.1, 0.15) is 0 Å². The van der Waals surface area contributed by atoms with Crippen LogP contribution in [-0.4, -0.2) is 24.5 Å². The molecule has 92 valence electrons. The van der Waals surface area contributed by atoms with Crippen molar-refractivity contribution in [2.45, 2.75) is 32.7 Å². The molecule has 0 saturated carbocycles. The molecule has 2 rings (SSSR count). The second kappa shape index (κ2) is 3.87. The Bertz CT molecular complexity index is 516. The van der Waals surface area contributed by atoms with Crippen LogP contribution in [0.1, 0.15) is 32.2 Å². The second-order valence-corrected chi connectivity index (χ2v) is 5.23. The van der Waals surface area contributed by atoms with Gasteiger partial charge in [0, 0.05) is 12.5 Å². The lowest BCUT2D eigenvalue weighted by Gasteiger charge is -2.20. The summed E-state index contributed by atoms with van der Waals surface area (Å²) in [7, 11) is 1.96. The number of hydrogen-bond acceptors (Lipinski definition) is 4. The molecule has 0 fully saturated rings. The van der Waals surface area contributed by atoms with E-state index in [1.54, 1.807) is 6.33 Å². The molecule has 2 aromatic heterocycles. The Kier molecular flexibility index (Phi) is 2.65. The van der Waals surface area contributed by atoms with Gasteiger partial charge < -0.3 is 10.3 Å². The number of hydrogen-bond donors (Lipinski definition) is 1. The van der Waals surface area contributed by atoms with Crippen molar-refractivity contribution >= 4 is 5.82 Å². The maximum Gasteiger partial charge on any atom is 0.169 e. The number of imidazole rings is 1. The van der Waals surface area contributed by atoms with Crippen molar-refractivity contribution < 1.29 is 0 Å². The molecule has 0 aliphatic carbocycles. The van der Waals surface area contributed by atoms with Crippen LogP contribution in [0.2, 0.25) is 0 Å². The lowest BCUT2D eigenvalue weighted by atomic mass is 9.92. The first-order valence-electron chi connectivity index (χ1n) is 5.54. The molecule has 0 aliphatic rings. The molecule has 2 aromatic rings. The molecule has 6 nitrogen and oxygen atoms in total. The maximum atomic E-state index is 5.88. The number of nitrogens with zero attached hydrogens (tertiary/aromatic N) is 5. The molecule has 2 heterocycles. The van der Waals surface area contributed by atoms with Crippen molar-refractivity contribution in [2.75, 3.05) is 5.73 Å². The molecule has 17 heavy (non-hydrogen) atoms. The number of aromatic nitrogens is 5. The summed E-state index contributed by atoms with van der Waals surface area (Å²) in [6.45, 7) is 6.93. The van der Waals surface area contributed by atoms with E-state index < -0.39 is 0 Å². The zero-order chi connectivity index (χ0) is 12.6. The average molecular weight is 234 g/mol. The van der Waals surface area contributed by atoms with Gasteiger partial charge in [0.05, 0.1) is 30.5 Å². The highest BCUT2D eigenvalue weighted by Crippen LogP contribution is 2.26. The Morgan fingerprint density at radius 2 is 2.06 bits per heavy atom. The molecule has 0 aromatic carbocycles. The van der Waals surface area contributed by atoms with Crippen molar-refractivity contribution in [1.29, 1.82) is 0 Å². The van der Waals surface area contributed by atoms with E-state index in [0.717, 1.165) is 11.4 Å². The van der Waals surface area contributed by atoms with Crippen LogP contribution in [0.4, 0.5) is 5.82 Å². The van der Waals surface area contributed by atoms with Crippen LogP contribution in [0.5, 0.6) is 0 Å². The molecule has 0 aliphatic heterocycles. The highest BCUT2D eigenvalue weighted by atomic mass is 15.4. The molecule has 0 spiro atoms. The van der Waals surface area contributed by atoms with E-state index in [0.29, 0.717) is 12.4 Å². The van der Waals surface area contributed by atoms with E-state index in [4.69, 9.17) is 5.73 Å². The molecule has 6 heteroatoms. The standard InChI is InChI=1S/C11H18N6/c1-11(2,3)9-10(12)14-15-17(9)6-8-5-13-7-16(8)4/h5,7H,6,12H2,1-4H3. The monoisotopic (exact) mass is 234 g/mol. The van der Waals surface area contributed by atoms with Gasteiger partial charge in [-0.3, -0.25) is 0 Å². The van der Waals surface area contributed by atoms with E-state index in [1.165, 1.54) is 0 Å². The van der Waals surface area contributed by atoms with Crippen molar-refractivity contribution in [3.8, 4) is 0 Å². The van der Waals surface area contributed by atoms with Gasteiger partial charge in [0.15, 0.2) is 5.82 Å². The third-order valence-electron chi connectivity index (χ3n) is 2.70. The molecular weight excluding hydrogens is 216 g/mol. The van der Waals surface area contributed by atoms with E-state index in [9.17, 15) is 0 Å². The SMILES string of the molecule is Cn1cncc1Cn1nnc(N)c1C(C)(C)C. The number of anilines is 1. The zero-order valence-corrected chi connectivity index (χ0v) is 10.7. The highest BCUT2D eigenvalue weighted by Gasteiger charge is 2.24. The predicted octanol–water partition coefficient (Wildman–Crippen LogP) is 0.940. The summed E-state index contributed by atoms with van der Waals surface area (Å²) in [5, 5.41) is 8.05. The van der Waals surface area contributed by atoms with Gasteiger partial charge in [-0.1, -0.05) is 26.0 Å². The normalized spacial score (nSPS) is 12.0. The van der Waals surface area contributed by atoms with E-state index in [-0.39, 0.29) is 5.41 Å². The summed E-state index contributed by atoms with van der Waals surface area (Å²) in [5.74, 6) is 0.500. The molecule has 0 bridgehead atoms. The number of aryl methyl sites for hydroxylation is 1. The van der Waals surface area contributed by atoms with Crippen LogP contribution in [0.3, 0.4) is 0 Å². The van der Waals surface area contributed by atoms with Gasteiger partial charge in [0.25, 0.3) is 0 Å². The first kappa shape index (κ1) is 11.6. The number of rotatable bonds is 2. The van der Waals surface area contributed by atoms with Gasteiger partial charge in [-0.2, -0.15) is 0 Å². The highest BCUT2D eigenvalue weighted by molar-refractivity contribution is 5.38. The van der Waals surface area contributed by atoms with E-state index in [1.807, 2.05) is 22.5 Å². The Labute approximate surface area is 100 Å². The number of nitrogens with two attached hydrogens (primary N) is 1. The summed E-state index contributed by atoms with van der Waals surface area (Å²) in [5.41, 5.74) is 7.83. The third-order valence-corrected chi connectivity index (χ3v) is 2.70. The molecule has 0 amide bonds. The minimum atomic E-state index is -0.0772. The first-order valence-corrected chi connectivity index (χ1v) is 5.54. The van der Waals surface area contributed by atoms with E-state index in [2.05, 4.69) is 36.1 Å². The summed E-state index contributed by atoms with van der Waals surface area (Å²) >= 11 is 0. The van der Waals surface area contributed by atoms with Crippen molar-refractivity contribution in [1.82, 2.24) is 24.5 Å². The van der Waals surface area contributed by atoms with Gasteiger partial charge in [-0.25, -0.2) is 9.67 Å². The fourth-order valence-corrected chi connectivity index (χ4v) is 1.90. The summed E-state index contributed by atoms with van der Waals surface area (Å²) in [6.07, 6.45) is 3.59. The zero-order valence-electron chi connectivity index (χ0n) is 10.7. The minimum absolute atomic E-state index is 0.0772. The Hall–Kier alpha value is -1.85. The van der Waals surface area contributed by atoms with Gasteiger partial charge in [0.2, 0.25) is 0 Å². The van der Waals surface area contributed by atoms with Crippen molar-refractivity contribution in [2.24, 2.45) is 7.05 Å². The summed E-state index contributed by atoms with van der Waals surface area (Å²) in [4.78, 5) is 4.09. The summed E-state index contributed by atoms with van der Waals surface area (Å²) < 4.78 is 3.80. The molecular formula is C11H18N6. The van der Waals surface area contributed by atoms with Crippen LogP contribution in [0.15, 0.2) is 12.5 Å². The second-order valence-electron chi connectivity index (χ2n) is 5.23. The van der Waals surface area contributed by atoms with Crippen molar-refractivity contribution in [3.05, 3.63) is 23.9 Å². The average Bonchev–Trinajstić information content (AvgIpc) is 2.74. The first-order chi connectivity index (χ1) is 7.89. The maximum absolute atomic E-state index is 5.88. The van der Waals surface area contributed by atoms with Crippen LogP contribution in [-0.2, 0) is 19.0 Å². The predicted molar refractivity (Wildman–Crippen MR) is 65.4 cm³/mol. The van der Waals surface area contributed by atoms with Crippen LogP contribution >= 0.6 is 0 Å². The Morgan fingerprint density at radius 3 is 2.59 bits per heavy atom. The van der Waals surface area contributed by atoms with Crippen LogP contribution < -0.4 is 5.73 Å². The Morgan fingerprint density at radius 1 is 1.35 bits per heavy atom. The molecule has 0 radical (unpaired) electrons. The van der Waals surface area contributed by atoms with Crippen molar-refractivity contribution in [3.63, 3.8) is 0 Å². The fraction of sp³-hybridized carbons (Fsp3) is 0.545. The lowest BCUT2D eigenvalue weighted by molar-refractivity contribution is 0.496. The van der Waals surface area contributed by atoms with Gasteiger partial charge >= 0.3 is 0 Å². The Balaban J connectivity index is 2.38. The number of nitrogen functional groups attached to an aromatic ring is 1. The van der Waals surface area contributed by atoms with E-state index >= 15 is 0 Å². The van der Waals surface area contributed by atoms with Crippen LogP contribution in [0, 0.1) is 0 Å². The molecule has 0 saturated heterocycles.